The quantitative estimate of drug-likeness (QED) is 0.848. The Morgan fingerprint density at radius 1 is 1.00 bits per heavy atom. The Morgan fingerprint density at radius 3 is 2.61 bits per heavy atom. The molecule has 0 bridgehead atoms. The van der Waals surface area contributed by atoms with Gasteiger partial charge in [0.1, 0.15) is 0 Å². The summed E-state index contributed by atoms with van der Waals surface area (Å²) in [7, 11) is 0. The van der Waals surface area contributed by atoms with Crippen LogP contribution in [0, 0.1) is 11.8 Å². The first kappa shape index (κ1) is 15.6. The largest absolute Gasteiger partial charge is 0.381 e. The first-order valence-electron chi connectivity index (χ1n) is 9.40. The van der Waals surface area contributed by atoms with Crippen LogP contribution in [-0.2, 0) is 17.8 Å². The first-order chi connectivity index (χ1) is 11.4. The van der Waals surface area contributed by atoms with E-state index in [0.29, 0.717) is 5.92 Å². The molecular formula is C18H30N4O. The summed E-state index contributed by atoms with van der Waals surface area (Å²) in [6, 6.07) is 2.20. The highest BCUT2D eigenvalue weighted by Crippen LogP contribution is 2.22. The van der Waals surface area contributed by atoms with Crippen LogP contribution in [0.4, 0.5) is 0 Å². The molecule has 1 aromatic rings. The van der Waals surface area contributed by atoms with Crippen molar-refractivity contribution < 1.29 is 4.74 Å². The maximum absolute atomic E-state index is 5.53. The molecule has 0 unspecified atom stereocenters. The van der Waals surface area contributed by atoms with E-state index in [4.69, 9.17) is 4.74 Å². The van der Waals surface area contributed by atoms with E-state index in [-0.39, 0.29) is 0 Å². The smallest absolute Gasteiger partial charge is 0.0524 e. The van der Waals surface area contributed by atoms with Crippen LogP contribution >= 0.6 is 0 Å². The number of nitrogens with zero attached hydrogens (tertiary/aromatic N) is 4. The summed E-state index contributed by atoms with van der Waals surface area (Å²) in [5.74, 6) is 1.51. The average Bonchev–Trinajstić information content (AvgIpc) is 3.18. The molecule has 0 spiro atoms. The third-order valence-electron chi connectivity index (χ3n) is 5.71. The summed E-state index contributed by atoms with van der Waals surface area (Å²) >= 11 is 0. The highest BCUT2D eigenvalue weighted by atomic mass is 16.5. The molecule has 0 aliphatic carbocycles. The molecular weight excluding hydrogens is 288 g/mol. The maximum atomic E-state index is 5.53. The Morgan fingerprint density at radius 2 is 1.78 bits per heavy atom. The van der Waals surface area contributed by atoms with Gasteiger partial charge in [-0.1, -0.05) is 0 Å². The van der Waals surface area contributed by atoms with Gasteiger partial charge in [-0.05, 0) is 50.8 Å². The standard InChI is InChI=1S/C18H30N4O/c1-2-8-20(7-1)12-17-13-21(11-16-4-9-23-10-5-16)15-18-3-6-19-22(18)14-17/h3,6,16-17H,1-2,4-5,7-15H2/t17-/m1/s1. The van der Waals surface area contributed by atoms with E-state index < -0.39 is 0 Å². The Labute approximate surface area is 139 Å². The highest BCUT2D eigenvalue weighted by molar-refractivity contribution is 5.02. The minimum Gasteiger partial charge on any atom is -0.381 e. The van der Waals surface area contributed by atoms with Crippen molar-refractivity contribution in [2.45, 2.75) is 38.8 Å². The van der Waals surface area contributed by atoms with Gasteiger partial charge in [-0.3, -0.25) is 9.58 Å². The van der Waals surface area contributed by atoms with Gasteiger partial charge in [0, 0.05) is 58.1 Å². The van der Waals surface area contributed by atoms with Crippen molar-refractivity contribution in [3.8, 4) is 0 Å². The summed E-state index contributed by atoms with van der Waals surface area (Å²) in [6.45, 7) is 10.3. The molecule has 3 aliphatic heterocycles. The highest BCUT2D eigenvalue weighted by Gasteiger charge is 2.27. The fourth-order valence-electron chi connectivity index (χ4n) is 4.50. The summed E-state index contributed by atoms with van der Waals surface area (Å²) in [5, 5.41) is 4.57. The molecule has 0 aromatic carbocycles. The topological polar surface area (TPSA) is 33.5 Å². The van der Waals surface area contributed by atoms with E-state index in [0.717, 1.165) is 32.2 Å². The number of hydrogen-bond donors (Lipinski definition) is 0. The predicted octanol–water partition coefficient (Wildman–Crippen LogP) is 1.84. The Hall–Kier alpha value is -0.910. The summed E-state index contributed by atoms with van der Waals surface area (Å²) < 4.78 is 7.78. The van der Waals surface area contributed by atoms with Crippen molar-refractivity contribution in [3.63, 3.8) is 0 Å². The van der Waals surface area contributed by atoms with Gasteiger partial charge < -0.3 is 9.64 Å². The van der Waals surface area contributed by atoms with Crippen LogP contribution in [0.1, 0.15) is 31.4 Å². The van der Waals surface area contributed by atoms with Crippen molar-refractivity contribution in [2.24, 2.45) is 11.8 Å². The molecule has 128 valence electrons. The van der Waals surface area contributed by atoms with Gasteiger partial charge in [-0.2, -0.15) is 5.10 Å². The van der Waals surface area contributed by atoms with Gasteiger partial charge in [0.25, 0.3) is 0 Å². The van der Waals surface area contributed by atoms with Gasteiger partial charge in [-0.25, -0.2) is 0 Å². The Kier molecular flexibility index (Phi) is 4.97. The molecule has 5 nitrogen and oxygen atoms in total. The fourth-order valence-corrected chi connectivity index (χ4v) is 4.50. The number of ether oxygens (including phenoxy) is 1. The zero-order valence-electron chi connectivity index (χ0n) is 14.2. The van der Waals surface area contributed by atoms with E-state index in [1.54, 1.807) is 0 Å². The molecule has 0 radical (unpaired) electrons. The first-order valence-corrected chi connectivity index (χ1v) is 9.40. The Balaban J connectivity index is 1.42. The zero-order valence-corrected chi connectivity index (χ0v) is 14.2. The van der Waals surface area contributed by atoms with Crippen molar-refractivity contribution >= 4 is 0 Å². The molecule has 0 amide bonds. The third-order valence-corrected chi connectivity index (χ3v) is 5.71. The molecule has 0 N–H and O–H groups in total. The number of rotatable bonds is 4. The second kappa shape index (κ2) is 7.32. The molecule has 1 atom stereocenters. The SMILES string of the molecule is c1cc2n(n1)C[C@H](CN1CCCC1)CN(CC1CCOCC1)C2. The normalized spacial score (nSPS) is 27.9. The molecule has 2 fully saturated rings. The number of aromatic nitrogens is 2. The van der Waals surface area contributed by atoms with Crippen molar-refractivity contribution in [1.82, 2.24) is 19.6 Å². The molecule has 2 saturated heterocycles. The molecule has 4 heterocycles. The molecule has 3 aliphatic rings. The van der Waals surface area contributed by atoms with Gasteiger partial charge in [0.2, 0.25) is 0 Å². The van der Waals surface area contributed by atoms with E-state index >= 15 is 0 Å². The maximum Gasteiger partial charge on any atom is 0.0524 e. The van der Waals surface area contributed by atoms with Crippen LogP contribution in [0.2, 0.25) is 0 Å². The lowest BCUT2D eigenvalue weighted by Crippen LogP contribution is -2.38. The number of fused-ring (bicyclic) bond motifs is 1. The van der Waals surface area contributed by atoms with Crippen molar-refractivity contribution in [3.05, 3.63) is 18.0 Å². The van der Waals surface area contributed by atoms with Gasteiger partial charge >= 0.3 is 0 Å². The third kappa shape index (κ3) is 3.95. The van der Waals surface area contributed by atoms with E-state index in [1.165, 1.54) is 64.1 Å². The average molecular weight is 318 g/mol. The van der Waals surface area contributed by atoms with Gasteiger partial charge in [-0.15, -0.1) is 0 Å². The molecule has 4 rings (SSSR count). The zero-order chi connectivity index (χ0) is 15.5. The minimum atomic E-state index is 0.703. The van der Waals surface area contributed by atoms with Crippen LogP contribution in [0.15, 0.2) is 12.3 Å². The van der Waals surface area contributed by atoms with E-state index in [1.807, 2.05) is 6.20 Å². The van der Waals surface area contributed by atoms with Crippen LogP contribution < -0.4 is 0 Å². The fraction of sp³-hybridized carbons (Fsp3) is 0.833. The van der Waals surface area contributed by atoms with Crippen LogP contribution in [0.3, 0.4) is 0 Å². The minimum absolute atomic E-state index is 0.703. The molecule has 0 saturated carbocycles. The van der Waals surface area contributed by atoms with Crippen LogP contribution in [0.5, 0.6) is 0 Å². The number of hydrogen-bond acceptors (Lipinski definition) is 4. The lowest BCUT2D eigenvalue weighted by molar-refractivity contribution is 0.0485. The van der Waals surface area contributed by atoms with Crippen molar-refractivity contribution in [1.29, 1.82) is 0 Å². The van der Waals surface area contributed by atoms with E-state index in [2.05, 4.69) is 25.6 Å². The molecule has 1 aromatic heterocycles. The van der Waals surface area contributed by atoms with Gasteiger partial charge in [0.15, 0.2) is 0 Å². The predicted molar refractivity (Wildman–Crippen MR) is 90.2 cm³/mol. The number of likely N-dealkylation sites (tertiary alicyclic amines) is 1. The van der Waals surface area contributed by atoms with Crippen LogP contribution in [0.25, 0.3) is 0 Å². The van der Waals surface area contributed by atoms with Gasteiger partial charge in [0.05, 0.1) is 5.69 Å². The Bertz CT molecular complexity index is 491. The second-order valence-electron chi connectivity index (χ2n) is 7.63. The summed E-state index contributed by atoms with van der Waals surface area (Å²) in [4.78, 5) is 5.35. The lowest BCUT2D eigenvalue weighted by atomic mass is 9.99. The molecule has 5 heteroatoms. The summed E-state index contributed by atoms with van der Waals surface area (Å²) in [5.41, 5.74) is 1.39. The molecule has 23 heavy (non-hydrogen) atoms. The van der Waals surface area contributed by atoms with E-state index in [9.17, 15) is 0 Å². The van der Waals surface area contributed by atoms with Crippen LogP contribution in [-0.4, -0.2) is 65.5 Å². The van der Waals surface area contributed by atoms with Crippen molar-refractivity contribution in [2.75, 3.05) is 45.9 Å². The summed E-state index contributed by atoms with van der Waals surface area (Å²) in [6.07, 6.45) is 7.19. The monoisotopic (exact) mass is 318 g/mol. The second-order valence-corrected chi connectivity index (χ2v) is 7.63. The lowest BCUT2D eigenvalue weighted by Gasteiger charge is -2.31.